The SMILES string of the molecule is C=CC(C)(C)c1cc2c(OC)c3ccoc3cc2oc1=O. The number of fused-ring (bicyclic) bond motifs is 2. The summed E-state index contributed by atoms with van der Waals surface area (Å²) < 4.78 is 16.3. The van der Waals surface area contributed by atoms with Gasteiger partial charge in [0.15, 0.2) is 0 Å². The van der Waals surface area contributed by atoms with Crippen LogP contribution < -0.4 is 10.4 Å². The lowest BCUT2D eigenvalue weighted by atomic mass is 9.85. The van der Waals surface area contributed by atoms with Crippen LogP contribution in [-0.4, -0.2) is 7.11 Å². The van der Waals surface area contributed by atoms with Crippen LogP contribution in [0.25, 0.3) is 21.9 Å². The number of methoxy groups -OCH3 is 1. The molecule has 2 aromatic heterocycles. The molecular weight excluding hydrogens is 268 g/mol. The quantitative estimate of drug-likeness (QED) is 0.538. The maximum absolute atomic E-state index is 12.2. The van der Waals surface area contributed by atoms with Crippen molar-refractivity contribution in [2.45, 2.75) is 19.3 Å². The second-order valence-electron chi connectivity index (χ2n) is 5.53. The van der Waals surface area contributed by atoms with Gasteiger partial charge in [0, 0.05) is 17.0 Å². The topological polar surface area (TPSA) is 52.6 Å². The summed E-state index contributed by atoms with van der Waals surface area (Å²) in [7, 11) is 1.59. The summed E-state index contributed by atoms with van der Waals surface area (Å²) in [5.74, 6) is 0.640. The van der Waals surface area contributed by atoms with Crippen LogP contribution in [0.5, 0.6) is 5.75 Å². The zero-order valence-corrected chi connectivity index (χ0v) is 12.2. The Kier molecular flexibility index (Phi) is 2.90. The number of allylic oxidation sites excluding steroid dienone is 1. The molecule has 4 nitrogen and oxygen atoms in total. The Labute approximate surface area is 121 Å². The van der Waals surface area contributed by atoms with E-state index in [4.69, 9.17) is 13.6 Å². The number of furan rings is 1. The molecule has 108 valence electrons. The van der Waals surface area contributed by atoms with E-state index in [-0.39, 0.29) is 5.63 Å². The van der Waals surface area contributed by atoms with Gasteiger partial charge in [0.2, 0.25) is 0 Å². The van der Waals surface area contributed by atoms with Crippen molar-refractivity contribution < 1.29 is 13.6 Å². The van der Waals surface area contributed by atoms with Crippen LogP contribution in [0.2, 0.25) is 0 Å². The molecule has 3 aromatic rings. The largest absolute Gasteiger partial charge is 0.495 e. The molecule has 1 aromatic carbocycles. The fraction of sp³-hybridized carbons (Fsp3) is 0.235. The molecule has 0 bridgehead atoms. The van der Waals surface area contributed by atoms with Crippen molar-refractivity contribution in [2.75, 3.05) is 7.11 Å². The fourth-order valence-electron chi connectivity index (χ4n) is 2.43. The van der Waals surface area contributed by atoms with E-state index in [1.165, 1.54) is 0 Å². The minimum atomic E-state index is -0.481. The molecule has 0 saturated heterocycles. The van der Waals surface area contributed by atoms with Gasteiger partial charge in [-0.1, -0.05) is 19.9 Å². The number of benzene rings is 1. The smallest absolute Gasteiger partial charge is 0.340 e. The van der Waals surface area contributed by atoms with E-state index in [0.717, 1.165) is 10.8 Å². The molecule has 0 aliphatic carbocycles. The van der Waals surface area contributed by atoms with Crippen molar-refractivity contribution in [2.24, 2.45) is 0 Å². The fourth-order valence-corrected chi connectivity index (χ4v) is 2.43. The van der Waals surface area contributed by atoms with Crippen LogP contribution in [-0.2, 0) is 5.41 Å². The highest BCUT2D eigenvalue weighted by Gasteiger charge is 2.23. The van der Waals surface area contributed by atoms with Crippen molar-refractivity contribution in [1.82, 2.24) is 0 Å². The summed E-state index contributed by atoms with van der Waals surface area (Å²) in [5, 5.41) is 1.59. The molecule has 0 fully saturated rings. The second kappa shape index (κ2) is 4.52. The van der Waals surface area contributed by atoms with E-state index in [1.54, 1.807) is 25.5 Å². The number of hydrogen-bond donors (Lipinski definition) is 0. The summed E-state index contributed by atoms with van der Waals surface area (Å²) in [6.07, 6.45) is 3.31. The van der Waals surface area contributed by atoms with Crippen molar-refractivity contribution >= 4 is 21.9 Å². The third-order valence-corrected chi connectivity index (χ3v) is 3.83. The highest BCUT2D eigenvalue weighted by atomic mass is 16.5. The van der Waals surface area contributed by atoms with Gasteiger partial charge in [-0.3, -0.25) is 0 Å². The molecule has 0 atom stereocenters. The first-order valence-corrected chi connectivity index (χ1v) is 6.64. The van der Waals surface area contributed by atoms with Gasteiger partial charge in [-0.2, -0.15) is 0 Å². The van der Waals surface area contributed by atoms with E-state index in [1.807, 2.05) is 26.0 Å². The van der Waals surface area contributed by atoms with Gasteiger partial charge >= 0.3 is 5.63 Å². The molecule has 3 rings (SSSR count). The maximum Gasteiger partial charge on any atom is 0.340 e. The minimum absolute atomic E-state index is 0.375. The summed E-state index contributed by atoms with van der Waals surface area (Å²) in [6.45, 7) is 7.62. The Morgan fingerprint density at radius 2 is 2.00 bits per heavy atom. The molecule has 4 heteroatoms. The van der Waals surface area contributed by atoms with Crippen molar-refractivity contribution in [3.8, 4) is 5.75 Å². The zero-order valence-electron chi connectivity index (χ0n) is 12.2. The number of ether oxygens (including phenoxy) is 1. The molecule has 0 amide bonds. The van der Waals surface area contributed by atoms with Crippen molar-refractivity contribution in [1.29, 1.82) is 0 Å². The molecule has 0 N–H and O–H groups in total. The lowest BCUT2D eigenvalue weighted by molar-refractivity contribution is 0.423. The van der Waals surface area contributed by atoms with Crippen LogP contribution in [0.3, 0.4) is 0 Å². The number of rotatable bonds is 3. The summed E-state index contributed by atoms with van der Waals surface area (Å²) in [5.41, 5.74) is 0.762. The minimum Gasteiger partial charge on any atom is -0.495 e. The molecule has 0 aliphatic heterocycles. The lowest BCUT2D eigenvalue weighted by Gasteiger charge is -2.19. The second-order valence-corrected chi connectivity index (χ2v) is 5.53. The van der Waals surface area contributed by atoms with Gasteiger partial charge < -0.3 is 13.6 Å². The van der Waals surface area contributed by atoms with Gasteiger partial charge in [-0.25, -0.2) is 4.79 Å². The Balaban J connectivity index is 2.46. The van der Waals surface area contributed by atoms with E-state index in [9.17, 15) is 4.79 Å². The van der Waals surface area contributed by atoms with Crippen LogP contribution in [0.4, 0.5) is 0 Å². The van der Waals surface area contributed by atoms with Gasteiger partial charge in [0.1, 0.15) is 16.9 Å². The molecular formula is C17H16O4. The molecule has 2 heterocycles. The third kappa shape index (κ3) is 1.95. The van der Waals surface area contributed by atoms with Gasteiger partial charge in [-0.15, -0.1) is 6.58 Å². The van der Waals surface area contributed by atoms with Crippen molar-refractivity contribution in [3.63, 3.8) is 0 Å². The normalized spacial score (nSPS) is 12.0. The molecule has 0 unspecified atom stereocenters. The first-order valence-electron chi connectivity index (χ1n) is 6.64. The Morgan fingerprint density at radius 3 is 2.67 bits per heavy atom. The van der Waals surface area contributed by atoms with Crippen LogP contribution in [0.1, 0.15) is 19.4 Å². The maximum atomic E-state index is 12.2. The Hall–Kier alpha value is -2.49. The van der Waals surface area contributed by atoms with E-state index in [0.29, 0.717) is 22.5 Å². The number of hydrogen-bond acceptors (Lipinski definition) is 4. The molecule has 0 spiro atoms. The average molecular weight is 284 g/mol. The summed E-state index contributed by atoms with van der Waals surface area (Å²) >= 11 is 0. The Morgan fingerprint density at radius 1 is 1.24 bits per heavy atom. The molecule has 0 aliphatic rings. The first-order chi connectivity index (χ1) is 9.97. The standard InChI is InChI=1S/C17H16O4/c1-5-17(2,3)12-8-11-14(21-16(12)18)9-13-10(6-7-20-13)15(11)19-4/h5-9H,1H2,2-4H3. The van der Waals surface area contributed by atoms with Crippen LogP contribution in [0, 0.1) is 0 Å². The lowest BCUT2D eigenvalue weighted by Crippen LogP contribution is -2.22. The third-order valence-electron chi connectivity index (χ3n) is 3.83. The monoisotopic (exact) mass is 284 g/mol. The van der Waals surface area contributed by atoms with Crippen LogP contribution in [0.15, 0.2) is 50.7 Å². The highest BCUT2D eigenvalue weighted by Crippen LogP contribution is 2.36. The molecule has 21 heavy (non-hydrogen) atoms. The zero-order chi connectivity index (χ0) is 15.2. The van der Waals surface area contributed by atoms with Gasteiger partial charge in [0.25, 0.3) is 0 Å². The molecule has 0 radical (unpaired) electrons. The van der Waals surface area contributed by atoms with E-state index >= 15 is 0 Å². The summed E-state index contributed by atoms with van der Waals surface area (Å²) in [4.78, 5) is 12.2. The van der Waals surface area contributed by atoms with E-state index in [2.05, 4.69) is 6.58 Å². The van der Waals surface area contributed by atoms with Crippen LogP contribution >= 0.6 is 0 Å². The van der Waals surface area contributed by atoms with E-state index < -0.39 is 5.41 Å². The van der Waals surface area contributed by atoms with Gasteiger partial charge in [0.05, 0.1) is 24.1 Å². The van der Waals surface area contributed by atoms with Crippen molar-refractivity contribution in [3.05, 3.63) is 53.1 Å². The Bertz CT molecular complexity index is 896. The average Bonchev–Trinajstić information content (AvgIpc) is 2.91. The summed E-state index contributed by atoms with van der Waals surface area (Å²) in [6, 6.07) is 5.35. The first kappa shape index (κ1) is 13.5. The predicted molar refractivity (Wildman–Crippen MR) is 82.0 cm³/mol. The predicted octanol–water partition coefficient (Wildman–Crippen LogP) is 4.01. The molecule has 0 saturated carbocycles. The van der Waals surface area contributed by atoms with Gasteiger partial charge in [-0.05, 0) is 12.1 Å². The highest BCUT2D eigenvalue weighted by molar-refractivity contribution is 6.01.